The highest BCUT2D eigenvalue weighted by Gasteiger charge is 2.20. The van der Waals surface area contributed by atoms with E-state index in [1.165, 1.54) is 24.3 Å². The highest BCUT2D eigenvalue weighted by Crippen LogP contribution is 2.20. The lowest BCUT2D eigenvalue weighted by atomic mass is 9.95. The molecule has 1 aliphatic rings. The molecule has 1 fully saturated rings. The first kappa shape index (κ1) is 18.2. The summed E-state index contributed by atoms with van der Waals surface area (Å²) in [4.78, 5) is 33.2. The Morgan fingerprint density at radius 3 is 1.44 bits per heavy atom. The summed E-state index contributed by atoms with van der Waals surface area (Å²) >= 11 is 0. The molecule has 0 aromatic heterocycles. The van der Waals surface area contributed by atoms with Gasteiger partial charge in [-0.15, -0.1) is 0 Å². The summed E-state index contributed by atoms with van der Waals surface area (Å²) in [5.74, 6) is -0.120. The van der Waals surface area contributed by atoms with Crippen LogP contribution in [0, 0.1) is 20.2 Å². The first-order chi connectivity index (χ1) is 12.9. The number of Topliss-reactive ketones (excluding diaryl/α,β-unsaturated/α-hetero) is 1. The van der Waals surface area contributed by atoms with Crippen molar-refractivity contribution in [2.45, 2.75) is 0 Å². The van der Waals surface area contributed by atoms with Crippen molar-refractivity contribution in [1.82, 2.24) is 5.32 Å². The van der Waals surface area contributed by atoms with Crippen LogP contribution in [0.3, 0.4) is 0 Å². The largest absolute Gasteiger partial charge is 0.308 e. The maximum absolute atomic E-state index is 12.7. The predicted octanol–water partition coefficient (Wildman–Crippen LogP) is 3.14. The summed E-state index contributed by atoms with van der Waals surface area (Å²) in [6, 6.07) is 11.9. The van der Waals surface area contributed by atoms with Crippen molar-refractivity contribution in [3.63, 3.8) is 0 Å². The van der Waals surface area contributed by atoms with E-state index in [9.17, 15) is 25.0 Å². The van der Waals surface area contributed by atoms with Crippen LogP contribution in [0.15, 0.2) is 59.7 Å². The number of benzene rings is 2. The minimum atomic E-state index is -0.477. The van der Waals surface area contributed by atoms with E-state index in [0.717, 1.165) is 0 Å². The fraction of sp³-hybridized carbons (Fsp3) is 0.105. The maximum atomic E-state index is 12.7. The van der Waals surface area contributed by atoms with Crippen LogP contribution in [0.4, 0.5) is 11.4 Å². The number of ketones is 1. The Balaban J connectivity index is 1.82. The molecule has 0 amide bonds. The monoisotopic (exact) mass is 365 g/mol. The van der Waals surface area contributed by atoms with Gasteiger partial charge in [-0.1, -0.05) is 0 Å². The Morgan fingerprint density at radius 2 is 1.11 bits per heavy atom. The van der Waals surface area contributed by atoms with E-state index in [-0.39, 0.29) is 17.2 Å². The fourth-order valence-corrected chi connectivity index (χ4v) is 2.72. The Bertz CT molecular complexity index is 882. The molecule has 8 nitrogen and oxygen atoms in total. The summed E-state index contributed by atoms with van der Waals surface area (Å²) in [6.07, 6.45) is 3.39. The van der Waals surface area contributed by atoms with E-state index in [4.69, 9.17) is 0 Å². The van der Waals surface area contributed by atoms with Crippen LogP contribution in [0.1, 0.15) is 11.1 Å². The number of nitrogens with zero attached hydrogens (tertiary/aromatic N) is 2. The average molecular weight is 365 g/mol. The topological polar surface area (TPSA) is 115 Å². The van der Waals surface area contributed by atoms with Gasteiger partial charge < -0.3 is 5.32 Å². The van der Waals surface area contributed by atoms with Gasteiger partial charge in [-0.25, -0.2) is 0 Å². The predicted molar refractivity (Wildman–Crippen MR) is 100 cm³/mol. The molecule has 2 aromatic rings. The number of hydrogen-bond acceptors (Lipinski definition) is 6. The highest BCUT2D eigenvalue weighted by molar-refractivity contribution is 6.14. The molecule has 27 heavy (non-hydrogen) atoms. The van der Waals surface area contributed by atoms with E-state index < -0.39 is 9.85 Å². The first-order valence-electron chi connectivity index (χ1n) is 8.09. The highest BCUT2D eigenvalue weighted by atomic mass is 16.6. The van der Waals surface area contributed by atoms with Crippen molar-refractivity contribution < 1.29 is 14.6 Å². The summed E-state index contributed by atoms with van der Waals surface area (Å²) in [5, 5.41) is 24.6. The average Bonchev–Trinajstić information content (AvgIpc) is 2.66. The summed E-state index contributed by atoms with van der Waals surface area (Å²) in [6.45, 7) is 0.793. The lowest BCUT2D eigenvalue weighted by Gasteiger charge is -2.18. The van der Waals surface area contributed by atoms with Gasteiger partial charge in [0.05, 0.1) is 9.85 Å². The molecule has 0 saturated carbocycles. The van der Waals surface area contributed by atoms with Crippen LogP contribution in [0.5, 0.6) is 0 Å². The Kier molecular flexibility index (Phi) is 5.18. The normalized spacial score (nSPS) is 17.3. The quantitative estimate of drug-likeness (QED) is 0.505. The molecule has 0 aliphatic carbocycles. The van der Waals surface area contributed by atoms with Gasteiger partial charge in [0.2, 0.25) is 0 Å². The van der Waals surface area contributed by atoms with Gasteiger partial charge in [0.1, 0.15) is 0 Å². The number of nitrogens with one attached hydrogen (secondary N) is 1. The van der Waals surface area contributed by atoms with Crippen molar-refractivity contribution in [1.29, 1.82) is 0 Å². The third-order valence-electron chi connectivity index (χ3n) is 4.10. The van der Waals surface area contributed by atoms with E-state index >= 15 is 0 Å². The lowest BCUT2D eigenvalue weighted by Crippen LogP contribution is -2.32. The Labute approximate surface area is 154 Å². The van der Waals surface area contributed by atoms with Gasteiger partial charge in [-0.2, -0.15) is 0 Å². The zero-order chi connectivity index (χ0) is 19.4. The number of rotatable bonds is 4. The fourth-order valence-electron chi connectivity index (χ4n) is 2.72. The third-order valence-corrected chi connectivity index (χ3v) is 4.10. The summed E-state index contributed by atoms with van der Waals surface area (Å²) in [5.41, 5.74) is 2.46. The van der Waals surface area contributed by atoms with E-state index in [0.29, 0.717) is 35.4 Å². The molecule has 8 heteroatoms. The number of nitro benzene ring substituents is 2. The molecular weight excluding hydrogens is 350 g/mol. The molecule has 1 N–H and O–H groups in total. The number of hydrogen-bond donors (Lipinski definition) is 1. The van der Waals surface area contributed by atoms with Gasteiger partial charge in [-0.3, -0.25) is 25.0 Å². The molecule has 0 spiro atoms. The summed E-state index contributed by atoms with van der Waals surface area (Å²) < 4.78 is 0. The van der Waals surface area contributed by atoms with Crippen molar-refractivity contribution in [3.8, 4) is 0 Å². The lowest BCUT2D eigenvalue weighted by molar-refractivity contribution is -0.385. The number of nitro groups is 2. The Morgan fingerprint density at radius 1 is 0.741 bits per heavy atom. The molecule has 0 radical (unpaired) electrons. The van der Waals surface area contributed by atoms with Gasteiger partial charge in [-0.05, 0) is 47.5 Å². The first-order valence-corrected chi connectivity index (χ1v) is 8.09. The molecule has 0 unspecified atom stereocenters. The maximum Gasteiger partial charge on any atom is 0.269 e. The second-order valence-electron chi connectivity index (χ2n) is 5.97. The molecule has 1 heterocycles. The number of piperidine rings is 1. The van der Waals surface area contributed by atoms with Crippen molar-refractivity contribution in [2.75, 3.05) is 13.1 Å². The number of carbonyl (C=O) groups is 1. The van der Waals surface area contributed by atoms with Gasteiger partial charge >= 0.3 is 0 Å². The SMILES string of the molecule is O=C1/C(=C\c2ccc([N+](=O)[O-])cc2)CNC/C1=C/c1ccc([N+](=O)[O-])cc1. The Hall–Kier alpha value is -3.65. The molecule has 136 valence electrons. The van der Waals surface area contributed by atoms with Crippen molar-refractivity contribution in [2.24, 2.45) is 0 Å². The van der Waals surface area contributed by atoms with E-state index in [2.05, 4.69) is 5.32 Å². The number of non-ortho nitro benzene ring substituents is 2. The minimum absolute atomic E-state index is 0.0102. The van der Waals surface area contributed by atoms with E-state index in [1.54, 1.807) is 36.4 Å². The molecule has 2 aromatic carbocycles. The van der Waals surface area contributed by atoms with Crippen LogP contribution in [-0.4, -0.2) is 28.7 Å². The zero-order valence-corrected chi connectivity index (χ0v) is 14.1. The zero-order valence-electron chi connectivity index (χ0n) is 14.1. The molecule has 0 bridgehead atoms. The van der Waals surface area contributed by atoms with Gasteiger partial charge in [0, 0.05) is 48.5 Å². The van der Waals surface area contributed by atoms with E-state index in [1.807, 2.05) is 0 Å². The van der Waals surface area contributed by atoms with Crippen molar-refractivity contribution in [3.05, 3.63) is 91.0 Å². The second kappa shape index (κ2) is 7.71. The third kappa shape index (κ3) is 4.31. The van der Waals surface area contributed by atoms with Crippen LogP contribution >= 0.6 is 0 Å². The van der Waals surface area contributed by atoms with Crippen LogP contribution in [0.25, 0.3) is 12.2 Å². The van der Waals surface area contributed by atoms with Crippen LogP contribution < -0.4 is 5.32 Å². The molecule has 3 rings (SSSR count). The van der Waals surface area contributed by atoms with Crippen LogP contribution in [0.2, 0.25) is 0 Å². The number of carbonyl (C=O) groups excluding carboxylic acids is 1. The smallest absolute Gasteiger partial charge is 0.269 e. The van der Waals surface area contributed by atoms with Gasteiger partial charge in [0.15, 0.2) is 5.78 Å². The molecular formula is C19H15N3O5. The summed E-state index contributed by atoms with van der Waals surface area (Å²) in [7, 11) is 0. The molecule has 1 aliphatic heterocycles. The van der Waals surface area contributed by atoms with Crippen LogP contribution in [-0.2, 0) is 4.79 Å². The minimum Gasteiger partial charge on any atom is -0.308 e. The second-order valence-corrected chi connectivity index (χ2v) is 5.97. The molecule has 1 saturated heterocycles. The van der Waals surface area contributed by atoms with Crippen molar-refractivity contribution >= 4 is 29.3 Å². The molecule has 0 atom stereocenters. The van der Waals surface area contributed by atoms with Gasteiger partial charge in [0.25, 0.3) is 11.4 Å². The standard InChI is InChI=1S/C19H15N3O5/c23-19-15(9-13-1-5-17(6-2-13)21(24)25)11-20-12-16(19)10-14-3-7-18(8-4-14)22(26)27/h1-10,20H,11-12H2/b15-9-,16-10-.